The number of rotatable bonds is 7. The molecule has 0 aromatic heterocycles. The van der Waals surface area contributed by atoms with Gasteiger partial charge in [-0.1, -0.05) is 13.8 Å². The van der Waals surface area contributed by atoms with Crippen molar-refractivity contribution in [3.63, 3.8) is 0 Å². The molecule has 1 aliphatic heterocycles. The Morgan fingerprint density at radius 2 is 1.86 bits per heavy atom. The molecule has 2 amide bonds. The molecule has 0 saturated carbocycles. The number of amides is 2. The van der Waals surface area contributed by atoms with E-state index in [1.165, 1.54) is 0 Å². The maximum Gasteiger partial charge on any atom is 0.231 e. The zero-order valence-corrected chi connectivity index (χ0v) is 13.4. The summed E-state index contributed by atoms with van der Waals surface area (Å²) in [6, 6.07) is 0. The van der Waals surface area contributed by atoms with Crippen LogP contribution in [0.2, 0.25) is 0 Å². The molecule has 0 spiro atoms. The van der Waals surface area contributed by atoms with Gasteiger partial charge in [0, 0.05) is 32.6 Å². The summed E-state index contributed by atoms with van der Waals surface area (Å²) in [6.07, 6.45) is 2.41. The zero-order valence-electron chi connectivity index (χ0n) is 13.4. The SMILES string of the molecule is CC(C)CC(CN)CC(=O)N1CCCN(CC(N)=O)CC1. The molecule has 0 radical (unpaired) electrons. The lowest BCUT2D eigenvalue weighted by Gasteiger charge is -2.24. The van der Waals surface area contributed by atoms with Crippen LogP contribution in [-0.4, -0.2) is 60.9 Å². The molecule has 0 bridgehead atoms. The van der Waals surface area contributed by atoms with Crippen LogP contribution in [0.3, 0.4) is 0 Å². The van der Waals surface area contributed by atoms with E-state index >= 15 is 0 Å². The van der Waals surface area contributed by atoms with Crippen molar-refractivity contribution >= 4 is 11.8 Å². The van der Waals surface area contributed by atoms with E-state index in [-0.39, 0.29) is 24.3 Å². The van der Waals surface area contributed by atoms with Crippen LogP contribution in [-0.2, 0) is 9.59 Å². The van der Waals surface area contributed by atoms with E-state index in [1.807, 2.05) is 9.80 Å². The van der Waals surface area contributed by atoms with Crippen LogP contribution in [0.4, 0.5) is 0 Å². The minimum absolute atomic E-state index is 0.187. The first-order valence-electron chi connectivity index (χ1n) is 7.90. The highest BCUT2D eigenvalue weighted by molar-refractivity contribution is 5.77. The van der Waals surface area contributed by atoms with E-state index < -0.39 is 0 Å². The molecule has 1 heterocycles. The summed E-state index contributed by atoms with van der Waals surface area (Å²) >= 11 is 0. The van der Waals surface area contributed by atoms with Crippen molar-refractivity contribution in [1.29, 1.82) is 0 Å². The second-order valence-electron chi connectivity index (χ2n) is 6.41. The summed E-state index contributed by atoms with van der Waals surface area (Å²) in [5.41, 5.74) is 11.0. The Labute approximate surface area is 127 Å². The Hall–Kier alpha value is -1.14. The Morgan fingerprint density at radius 1 is 1.14 bits per heavy atom. The molecular formula is C15H30N4O2. The van der Waals surface area contributed by atoms with Crippen molar-refractivity contribution in [2.45, 2.75) is 33.1 Å². The Bertz CT molecular complexity index is 347. The second kappa shape index (κ2) is 9.00. The first kappa shape index (κ1) is 17.9. The van der Waals surface area contributed by atoms with Gasteiger partial charge in [-0.15, -0.1) is 0 Å². The minimum atomic E-state index is -0.310. The summed E-state index contributed by atoms with van der Waals surface area (Å²) in [6.45, 7) is 8.11. The Kier molecular flexibility index (Phi) is 7.67. The highest BCUT2D eigenvalue weighted by atomic mass is 16.2. The fraction of sp³-hybridized carbons (Fsp3) is 0.867. The minimum Gasteiger partial charge on any atom is -0.369 e. The van der Waals surface area contributed by atoms with Gasteiger partial charge in [0.15, 0.2) is 0 Å². The van der Waals surface area contributed by atoms with Gasteiger partial charge in [-0.3, -0.25) is 14.5 Å². The van der Waals surface area contributed by atoms with Gasteiger partial charge in [0.1, 0.15) is 0 Å². The number of carbonyl (C=O) groups excluding carboxylic acids is 2. The van der Waals surface area contributed by atoms with E-state index in [9.17, 15) is 9.59 Å². The summed E-state index contributed by atoms with van der Waals surface area (Å²) in [5, 5.41) is 0. The lowest BCUT2D eigenvalue weighted by molar-refractivity contribution is -0.132. The van der Waals surface area contributed by atoms with Crippen molar-refractivity contribution in [3.8, 4) is 0 Å². The number of nitrogens with zero attached hydrogens (tertiary/aromatic N) is 2. The van der Waals surface area contributed by atoms with Crippen LogP contribution >= 0.6 is 0 Å². The van der Waals surface area contributed by atoms with E-state index in [4.69, 9.17) is 11.5 Å². The van der Waals surface area contributed by atoms with Crippen LogP contribution in [0.1, 0.15) is 33.1 Å². The smallest absolute Gasteiger partial charge is 0.231 e. The summed E-state index contributed by atoms with van der Waals surface area (Å²) in [5.74, 6) is 0.700. The normalized spacial score (nSPS) is 18.6. The van der Waals surface area contributed by atoms with Crippen molar-refractivity contribution in [1.82, 2.24) is 9.80 Å². The van der Waals surface area contributed by atoms with Crippen molar-refractivity contribution < 1.29 is 9.59 Å². The van der Waals surface area contributed by atoms with Crippen LogP contribution in [0, 0.1) is 11.8 Å². The maximum absolute atomic E-state index is 12.4. The van der Waals surface area contributed by atoms with Gasteiger partial charge < -0.3 is 16.4 Å². The monoisotopic (exact) mass is 298 g/mol. The molecule has 1 rings (SSSR count). The number of hydrogen-bond donors (Lipinski definition) is 2. The number of nitrogens with two attached hydrogens (primary N) is 2. The molecule has 1 unspecified atom stereocenters. The fourth-order valence-corrected chi connectivity index (χ4v) is 2.90. The van der Waals surface area contributed by atoms with Gasteiger partial charge in [-0.25, -0.2) is 0 Å². The van der Waals surface area contributed by atoms with E-state index in [0.29, 0.717) is 32.0 Å². The molecule has 0 aliphatic carbocycles. The average molecular weight is 298 g/mol. The van der Waals surface area contributed by atoms with Gasteiger partial charge in [0.25, 0.3) is 0 Å². The van der Waals surface area contributed by atoms with Crippen LogP contribution in [0.25, 0.3) is 0 Å². The molecule has 1 saturated heterocycles. The van der Waals surface area contributed by atoms with Crippen molar-refractivity contribution in [2.75, 3.05) is 39.3 Å². The lowest BCUT2D eigenvalue weighted by atomic mass is 9.94. The Morgan fingerprint density at radius 3 is 2.43 bits per heavy atom. The van der Waals surface area contributed by atoms with Gasteiger partial charge in [0.05, 0.1) is 6.54 Å². The lowest BCUT2D eigenvalue weighted by Crippen LogP contribution is -2.39. The molecule has 0 aromatic rings. The zero-order chi connectivity index (χ0) is 15.8. The highest BCUT2D eigenvalue weighted by Gasteiger charge is 2.22. The summed E-state index contributed by atoms with van der Waals surface area (Å²) < 4.78 is 0. The molecule has 6 heteroatoms. The van der Waals surface area contributed by atoms with E-state index in [0.717, 1.165) is 25.9 Å². The second-order valence-corrected chi connectivity index (χ2v) is 6.41. The van der Waals surface area contributed by atoms with Gasteiger partial charge in [-0.05, 0) is 31.2 Å². The third-order valence-corrected chi connectivity index (χ3v) is 3.92. The molecule has 122 valence electrons. The molecule has 21 heavy (non-hydrogen) atoms. The first-order valence-corrected chi connectivity index (χ1v) is 7.90. The standard InChI is InChI=1S/C15H30N4O2/c1-12(2)8-13(10-16)9-15(21)19-5-3-4-18(6-7-19)11-14(17)20/h12-13H,3-11,16H2,1-2H3,(H2,17,20). The number of hydrogen-bond acceptors (Lipinski definition) is 4. The van der Waals surface area contributed by atoms with Crippen molar-refractivity contribution in [3.05, 3.63) is 0 Å². The quantitative estimate of drug-likeness (QED) is 0.693. The third kappa shape index (κ3) is 6.91. The first-order chi connectivity index (χ1) is 9.92. The molecule has 1 atom stereocenters. The van der Waals surface area contributed by atoms with Crippen LogP contribution in [0.15, 0.2) is 0 Å². The molecule has 1 aliphatic rings. The number of carbonyl (C=O) groups is 2. The fourth-order valence-electron chi connectivity index (χ4n) is 2.90. The average Bonchev–Trinajstić information content (AvgIpc) is 2.62. The van der Waals surface area contributed by atoms with Gasteiger partial charge in [0.2, 0.25) is 11.8 Å². The van der Waals surface area contributed by atoms with E-state index in [2.05, 4.69) is 13.8 Å². The molecule has 1 fully saturated rings. The van der Waals surface area contributed by atoms with Gasteiger partial charge in [-0.2, -0.15) is 0 Å². The topological polar surface area (TPSA) is 92.7 Å². The third-order valence-electron chi connectivity index (χ3n) is 3.92. The van der Waals surface area contributed by atoms with Crippen molar-refractivity contribution in [2.24, 2.45) is 23.3 Å². The molecule has 0 aromatic carbocycles. The summed E-state index contributed by atoms with van der Waals surface area (Å²) in [7, 11) is 0. The predicted octanol–water partition coefficient (Wildman–Crippen LogP) is 0.0171. The number of primary amides is 1. The van der Waals surface area contributed by atoms with E-state index in [1.54, 1.807) is 0 Å². The Balaban J connectivity index is 2.45. The maximum atomic E-state index is 12.4. The van der Waals surface area contributed by atoms with Crippen LogP contribution < -0.4 is 11.5 Å². The predicted molar refractivity (Wildman–Crippen MR) is 83.4 cm³/mol. The molecular weight excluding hydrogens is 268 g/mol. The summed E-state index contributed by atoms with van der Waals surface area (Å²) in [4.78, 5) is 27.3. The highest BCUT2D eigenvalue weighted by Crippen LogP contribution is 2.16. The van der Waals surface area contributed by atoms with Crippen LogP contribution in [0.5, 0.6) is 0 Å². The molecule has 6 nitrogen and oxygen atoms in total. The molecule has 4 N–H and O–H groups in total. The largest absolute Gasteiger partial charge is 0.369 e. The van der Waals surface area contributed by atoms with Gasteiger partial charge >= 0.3 is 0 Å².